The number of carbonyl (C=O) groups is 2. The van der Waals surface area contributed by atoms with Crippen molar-refractivity contribution in [1.82, 2.24) is 9.80 Å². The van der Waals surface area contributed by atoms with Crippen LogP contribution in [-0.4, -0.2) is 40.4 Å². The second-order valence-electron chi connectivity index (χ2n) is 5.06. The van der Waals surface area contributed by atoms with E-state index in [1.807, 2.05) is 0 Å². The van der Waals surface area contributed by atoms with Crippen LogP contribution in [0.15, 0.2) is 0 Å². The summed E-state index contributed by atoms with van der Waals surface area (Å²) in [6.07, 6.45) is 3.91. The highest BCUT2D eigenvalue weighted by Gasteiger charge is 2.51. The monoisotopic (exact) mass is 208 g/mol. The summed E-state index contributed by atoms with van der Waals surface area (Å²) in [5.74, 6) is 0.635. The molecule has 0 radical (unpaired) electrons. The second kappa shape index (κ2) is 2.97. The Bertz CT molecular complexity index is 325. The smallest absolute Gasteiger partial charge is 0.312 e. The summed E-state index contributed by atoms with van der Waals surface area (Å²) in [6, 6.07) is 0.0622. The zero-order valence-corrected chi connectivity index (χ0v) is 8.98. The van der Waals surface area contributed by atoms with Crippen molar-refractivity contribution in [2.45, 2.75) is 44.7 Å². The lowest BCUT2D eigenvalue weighted by atomic mass is 9.93. The van der Waals surface area contributed by atoms with Crippen molar-refractivity contribution in [2.24, 2.45) is 5.92 Å². The maximum Gasteiger partial charge on any atom is 0.327 e. The average Bonchev–Trinajstić information content (AvgIpc) is 2.98. The first-order chi connectivity index (χ1) is 7.18. The summed E-state index contributed by atoms with van der Waals surface area (Å²) in [5.41, 5.74) is 0. The van der Waals surface area contributed by atoms with Crippen LogP contribution in [0.4, 0.5) is 4.79 Å². The van der Waals surface area contributed by atoms with Crippen LogP contribution in [0.3, 0.4) is 0 Å². The van der Waals surface area contributed by atoms with Crippen molar-refractivity contribution >= 4 is 11.9 Å². The van der Waals surface area contributed by atoms with Crippen LogP contribution in [0.1, 0.15) is 32.6 Å². The summed E-state index contributed by atoms with van der Waals surface area (Å²) in [6.45, 7) is 2.93. The van der Waals surface area contributed by atoms with Gasteiger partial charge < -0.3 is 4.90 Å². The van der Waals surface area contributed by atoms with Gasteiger partial charge in [-0.15, -0.1) is 0 Å². The van der Waals surface area contributed by atoms with E-state index in [0.29, 0.717) is 5.92 Å². The molecule has 3 amide bonds. The van der Waals surface area contributed by atoms with Gasteiger partial charge in [-0.3, -0.25) is 9.69 Å². The lowest BCUT2D eigenvalue weighted by Crippen LogP contribution is -2.41. The van der Waals surface area contributed by atoms with E-state index in [0.717, 1.165) is 32.2 Å². The van der Waals surface area contributed by atoms with Crippen LogP contribution in [0, 0.1) is 5.92 Å². The van der Waals surface area contributed by atoms with Crippen molar-refractivity contribution in [2.75, 3.05) is 6.54 Å². The highest BCUT2D eigenvalue weighted by atomic mass is 16.2. The largest absolute Gasteiger partial charge is 0.327 e. The zero-order valence-electron chi connectivity index (χ0n) is 8.98. The van der Waals surface area contributed by atoms with Gasteiger partial charge in [0.15, 0.2) is 0 Å². The van der Waals surface area contributed by atoms with E-state index in [2.05, 4.69) is 6.92 Å². The molecule has 82 valence electrons. The van der Waals surface area contributed by atoms with Gasteiger partial charge in [0.1, 0.15) is 6.04 Å². The molecule has 0 aromatic carbocycles. The molecule has 4 heteroatoms. The Balaban J connectivity index is 1.86. The molecule has 1 aliphatic carbocycles. The number of nitrogens with zero attached hydrogens (tertiary/aromatic N) is 2. The molecule has 1 saturated carbocycles. The van der Waals surface area contributed by atoms with Crippen molar-refractivity contribution in [1.29, 1.82) is 0 Å². The van der Waals surface area contributed by atoms with E-state index in [1.165, 1.54) is 4.90 Å². The molecule has 4 nitrogen and oxygen atoms in total. The third-order valence-corrected chi connectivity index (χ3v) is 3.75. The molecule has 0 aromatic heterocycles. The third-order valence-electron chi connectivity index (χ3n) is 3.75. The SMILES string of the molecule is CC1CCN2C(=O)N(C3CC3)C(=O)C2C1. The van der Waals surface area contributed by atoms with E-state index < -0.39 is 0 Å². The minimum Gasteiger partial charge on any atom is -0.312 e. The normalized spacial score (nSPS) is 36.1. The Morgan fingerprint density at radius 2 is 1.93 bits per heavy atom. The predicted molar refractivity (Wildman–Crippen MR) is 54.2 cm³/mol. The van der Waals surface area contributed by atoms with Crippen LogP contribution in [0.2, 0.25) is 0 Å². The van der Waals surface area contributed by atoms with Gasteiger partial charge in [-0.2, -0.15) is 0 Å². The van der Waals surface area contributed by atoms with Crippen LogP contribution in [-0.2, 0) is 4.79 Å². The highest BCUT2D eigenvalue weighted by Crippen LogP contribution is 2.36. The maximum atomic E-state index is 12.0. The number of rotatable bonds is 1. The number of fused-ring (bicyclic) bond motifs is 1. The van der Waals surface area contributed by atoms with Gasteiger partial charge in [0, 0.05) is 12.6 Å². The Hall–Kier alpha value is -1.06. The molecule has 2 unspecified atom stereocenters. The first-order valence-corrected chi connectivity index (χ1v) is 5.82. The summed E-state index contributed by atoms with van der Waals surface area (Å²) >= 11 is 0. The van der Waals surface area contributed by atoms with Crippen LogP contribution >= 0.6 is 0 Å². The standard InChI is InChI=1S/C11H16N2O2/c1-7-4-5-12-9(6-7)10(14)13(11(12)15)8-2-3-8/h7-9H,2-6H2,1H3. The summed E-state index contributed by atoms with van der Waals surface area (Å²) < 4.78 is 0. The van der Waals surface area contributed by atoms with Crippen molar-refractivity contribution in [3.63, 3.8) is 0 Å². The number of carbonyl (C=O) groups excluding carboxylic acids is 2. The summed E-state index contributed by atoms with van der Waals surface area (Å²) in [5, 5.41) is 0. The average molecular weight is 208 g/mol. The molecule has 15 heavy (non-hydrogen) atoms. The molecule has 2 aliphatic heterocycles. The van der Waals surface area contributed by atoms with Crippen LogP contribution in [0.25, 0.3) is 0 Å². The third kappa shape index (κ3) is 1.27. The first-order valence-electron chi connectivity index (χ1n) is 5.82. The molecule has 0 aromatic rings. The molecule has 3 fully saturated rings. The number of hydrogen-bond acceptors (Lipinski definition) is 2. The van der Waals surface area contributed by atoms with Gasteiger partial charge in [0.25, 0.3) is 5.91 Å². The van der Waals surface area contributed by atoms with Crippen molar-refractivity contribution in [3.05, 3.63) is 0 Å². The van der Waals surface area contributed by atoms with Crippen molar-refractivity contribution in [3.8, 4) is 0 Å². The maximum absolute atomic E-state index is 12.0. The van der Waals surface area contributed by atoms with Crippen LogP contribution < -0.4 is 0 Å². The number of amides is 3. The van der Waals surface area contributed by atoms with Gasteiger partial charge >= 0.3 is 6.03 Å². The van der Waals surface area contributed by atoms with Crippen molar-refractivity contribution < 1.29 is 9.59 Å². The lowest BCUT2D eigenvalue weighted by molar-refractivity contribution is -0.129. The number of urea groups is 1. The predicted octanol–water partition coefficient (Wildman–Crippen LogP) is 1.21. The number of imide groups is 1. The van der Waals surface area contributed by atoms with Gasteiger partial charge in [-0.25, -0.2) is 4.79 Å². The Morgan fingerprint density at radius 3 is 2.60 bits per heavy atom. The summed E-state index contributed by atoms with van der Waals surface area (Å²) in [4.78, 5) is 27.3. The van der Waals surface area contributed by atoms with Gasteiger partial charge in [0.05, 0.1) is 0 Å². The molecule has 2 atom stereocenters. The van der Waals surface area contributed by atoms with E-state index in [-0.39, 0.29) is 24.0 Å². The van der Waals surface area contributed by atoms with Gasteiger partial charge in [-0.05, 0) is 31.6 Å². The minimum absolute atomic E-state index is 0.0283. The van der Waals surface area contributed by atoms with E-state index in [1.54, 1.807) is 4.90 Å². The van der Waals surface area contributed by atoms with Crippen LogP contribution in [0.5, 0.6) is 0 Å². The molecular weight excluding hydrogens is 192 g/mol. The van der Waals surface area contributed by atoms with E-state index >= 15 is 0 Å². The van der Waals surface area contributed by atoms with Gasteiger partial charge in [0.2, 0.25) is 0 Å². The molecule has 0 bridgehead atoms. The fraction of sp³-hybridized carbons (Fsp3) is 0.818. The molecule has 0 spiro atoms. The second-order valence-corrected chi connectivity index (χ2v) is 5.06. The number of piperidine rings is 1. The molecule has 2 saturated heterocycles. The Labute approximate surface area is 89.2 Å². The Kier molecular flexibility index (Phi) is 1.82. The topological polar surface area (TPSA) is 40.6 Å². The summed E-state index contributed by atoms with van der Waals surface area (Å²) in [7, 11) is 0. The zero-order chi connectivity index (χ0) is 10.6. The fourth-order valence-electron chi connectivity index (χ4n) is 2.67. The molecule has 2 heterocycles. The lowest BCUT2D eigenvalue weighted by Gasteiger charge is -2.30. The molecular formula is C11H16N2O2. The first kappa shape index (κ1) is 9.19. The van der Waals surface area contributed by atoms with Gasteiger partial charge in [-0.1, -0.05) is 6.92 Å². The number of hydrogen-bond donors (Lipinski definition) is 0. The van der Waals surface area contributed by atoms with E-state index in [4.69, 9.17) is 0 Å². The van der Waals surface area contributed by atoms with E-state index in [9.17, 15) is 9.59 Å². The molecule has 0 N–H and O–H groups in total. The molecule has 3 aliphatic rings. The minimum atomic E-state index is -0.137. The highest BCUT2D eigenvalue weighted by molar-refractivity contribution is 6.04. The molecule has 3 rings (SSSR count). The fourth-order valence-corrected chi connectivity index (χ4v) is 2.67. The Morgan fingerprint density at radius 1 is 1.20 bits per heavy atom. The quantitative estimate of drug-likeness (QED) is 0.608.